The van der Waals surface area contributed by atoms with Crippen LogP contribution in [-0.4, -0.2) is 21.1 Å². The molecule has 7 heteroatoms. The number of ether oxygens (including phenoxy) is 1. The van der Waals surface area contributed by atoms with Gasteiger partial charge in [-0.25, -0.2) is 9.78 Å². The lowest BCUT2D eigenvalue weighted by Crippen LogP contribution is -2.19. The Balaban J connectivity index is 2.56. The van der Waals surface area contributed by atoms with Crippen LogP contribution in [0.2, 0.25) is 0 Å². The van der Waals surface area contributed by atoms with Gasteiger partial charge in [-0.1, -0.05) is 0 Å². The second kappa shape index (κ2) is 3.84. The molecule has 0 unspecified atom stereocenters. The molecular weight excluding hydrogens is 220 g/mol. The monoisotopic (exact) mass is 227 g/mol. The van der Waals surface area contributed by atoms with Gasteiger partial charge in [0.2, 0.25) is 5.88 Å². The average Bonchev–Trinajstić information content (AvgIpc) is 2.23. The zero-order valence-electron chi connectivity index (χ0n) is 8.22. The molecule has 2 aromatic heterocycles. The minimum Gasteiger partial charge on any atom is -0.417 e. The van der Waals surface area contributed by atoms with E-state index in [-0.39, 0.29) is 5.88 Å². The number of rotatable bonds is 2. The first-order valence-corrected chi connectivity index (χ1v) is 4.35. The molecule has 0 saturated carbocycles. The van der Waals surface area contributed by atoms with Gasteiger partial charge in [-0.2, -0.15) is 13.8 Å². The van der Waals surface area contributed by atoms with Crippen molar-refractivity contribution in [2.45, 2.75) is 6.61 Å². The van der Waals surface area contributed by atoms with Crippen LogP contribution in [0.1, 0.15) is 0 Å². The lowest BCUT2D eigenvalue weighted by atomic mass is 10.3. The van der Waals surface area contributed by atoms with E-state index in [1.165, 1.54) is 29.9 Å². The van der Waals surface area contributed by atoms with Crippen molar-refractivity contribution >= 4 is 11.0 Å². The van der Waals surface area contributed by atoms with Gasteiger partial charge >= 0.3 is 12.3 Å². The van der Waals surface area contributed by atoms with Gasteiger partial charge in [0, 0.05) is 13.1 Å². The zero-order chi connectivity index (χ0) is 11.7. The molecule has 0 fully saturated rings. The number of aryl methyl sites for hydroxylation is 1. The zero-order valence-corrected chi connectivity index (χ0v) is 8.22. The van der Waals surface area contributed by atoms with Crippen LogP contribution in [0.5, 0.6) is 5.88 Å². The summed E-state index contributed by atoms with van der Waals surface area (Å²) in [5.74, 6) is -0.206. The molecule has 0 spiro atoms. The Morgan fingerprint density at radius 3 is 2.88 bits per heavy atom. The number of halogens is 2. The van der Waals surface area contributed by atoms with E-state index < -0.39 is 12.3 Å². The highest BCUT2D eigenvalue weighted by molar-refractivity contribution is 5.73. The first-order chi connectivity index (χ1) is 7.58. The van der Waals surface area contributed by atoms with Crippen molar-refractivity contribution in [2.24, 2.45) is 7.05 Å². The Labute approximate surface area is 88.3 Å². The minimum atomic E-state index is -2.93. The van der Waals surface area contributed by atoms with Crippen LogP contribution in [-0.2, 0) is 7.05 Å². The summed E-state index contributed by atoms with van der Waals surface area (Å²) in [5, 5.41) is 0. The second-order valence-corrected chi connectivity index (χ2v) is 3.03. The van der Waals surface area contributed by atoms with Crippen molar-refractivity contribution < 1.29 is 13.5 Å². The van der Waals surface area contributed by atoms with Gasteiger partial charge in [0.25, 0.3) is 0 Å². The van der Waals surface area contributed by atoms with Gasteiger partial charge < -0.3 is 4.74 Å². The topological polar surface area (TPSA) is 57.0 Å². The molecule has 2 aromatic rings. The van der Waals surface area contributed by atoms with E-state index in [1.807, 2.05) is 0 Å². The van der Waals surface area contributed by atoms with Gasteiger partial charge in [0.15, 0.2) is 0 Å². The van der Waals surface area contributed by atoms with Crippen molar-refractivity contribution in [1.29, 1.82) is 0 Å². The molecule has 5 nitrogen and oxygen atoms in total. The van der Waals surface area contributed by atoms with E-state index in [1.54, 1.807) is 0 Å². The molecule has 16 heavy (non-hydrogen) atoms. The Kier molecular flexibility index (Phi) is 2.51. The van der Waals surface area contributed by atoms with Gasteiger partial charge in [0.1, 0.15) is 5.52 Å². The number of fused-ring (bicyclic) bond motifs is 1. The predicted molar refractivity (Wildman–Crippen MR) is 51.4 cm³/mol. The fraction of sp³-hybridized carbons (Fsp3) is 0.222. The molecule has 0 atom stereocenters. The second-order valence-electron chi connectivity index (χ2n) is 3.03. The molecule has 2 rings (SSSR count). The van der Waals surface area contributed by atoms with Crippen molar-refractivity contribution in [1.82, 2.24) is 14.5 Å². The van der Waals surface area contributed by atoms with Crippen molar-refractivity contribution in [3.63, 3.8) is 0 Å². The number of nitrogens with zero attached hydrogens (tertiary/aromatic N) is 3. The maximum absolute atomic E-state index is 11.9. The van der Waals surface area contributed by atoms with E-state index in [0.717, 1.165) is 0 Å². The van der Waals surface area contributed by atoms with Crippen molar-refractivity contribution in [3.05, 3.63) is 28.8 Å². The van der Waals surface area contributed by atoms with Crippen LogP contribution in [0.4, 0.5) is 8.78 Å². The highest BCUT2D eigenvalue weighted by Crippen LogP contribution is 2.15. The van der Waals surface area contributed by atoms with Crippen LogP contribution in [0.25, 0.3) is 11.0 Å². The molecule has 0 bridgehead atoms. The van der Waals surface area contributed by atoms with Gasteiger partial charge in [-0.05, 0) is 6.07 Å². The first-order valence-electron chi connectivity index (χ1n) is 4.35. The predicted octanol–water partition coefficient (Wildman–Crippen LogP) is 0.930. The highest BCUT2D eigenvalue weighted by Gasteiger charge is 2.07. The van der Waals surface area contributed by atoms with E-state index >= 15 is 0 Å². The molecule has 0 amide bonds. The van der Waals surface area contributed by atoms with Crippen LogP contribution in [0, 0.1) is 0 Å². The summed E-state index contributed by atoms with van der Waals surface area (Å²) in [6.07, 6.45) is 1.22. The SMILES string of the molecule is Cn1c(=O)ncc2nc(OC(F)F)ccc21. The molecule has 0 aliphatic carbocycles. The van der Waals surface area contributed by atoms with E-state index in [2.05, 4.69) is 14.7 Å². The highest BCUT2D eigenvalue weighted by atomic mass is 19.3. The Bertz CT molecular complexity index is 582. The maximum Gasteiger partial charge on any atom is 0.388 e. The molecule has 0 aromatic carbocycles. The normalized spacial score (nSPS) is 11.0. The van der Waals surface area contributed by atoms with Gasteiger partial charge in [-0.15, -0.1) is 0 Å². The number of aromatic nitrogens is 3. The summed E-state index contributed by atoms with van der Waals surface area (Å²) < 4.78 is 29.3. The standard InChI is InChI=1S/C9H7F2N3O2/c1-14-6-2-3-7(16-8(10)11)13-5(6)4-12-9(14)15/h2-4,8H,1H3. The van der Waals surface area contributed by atoms with Gasteiger partial charge in [-0.3, -0.25) is 4.57 Å². The van der Waals surface area contributed by atoms with E-state index in [0.29, 0.717) is 11.0 Å². The van der Waals surface area contributed by atoms with Crippen molar-refractivity contribution in [2.75, 3.05) is 0 Å². The Morgan fingerprint density at radius 2 is 2.19 bits per heavy atom. The number of hydrogen-bond acceptors (Lipinski definition) is 4. The Morgan fingerprint density at radius 1 is 1.44 bits per heavy atom. The van der Waals surface area contributed by atoms with E-state index in [4.69, 9.17) is 0 Å². The fourth-order valence-corrected chi connectivity index (χ4v) is 1.29. The average molecular weight is 227 g/mol. The third-order valence-electron chi connectivity index (χ3n) is 2.03. The maximum atomic E-state index is 11.9. The van der Waals surface area contributed by atoms with Crippen LogP contribution < -0.4 is 10.4 Å². The first kappa shape index (κ1) is 10.5. The lowest BCUT2D eigenvalue weighted by molar-refractivity contribution is -0.0526. The molecule has 0 aliphatic rings. The molecule has 84 valence electrons. The summed E-state index contributed by atoms with van der Waals surface area (Å²) in [7, 11) is 1.52. The third kappa shape index (κ3) is 1.83. The lowest BCUT2D eigenvalue weighted by Gasteiger charge is -2.06. The summed E-state index contributed by atoms with van der Waals surface area (Å²) in [5.41, 5.74) is 0.388. The summed E-state index contributed by atoms with van der Waals surface area (Å²) in [6.45, 7) is -2.93. The third-order valence-corrected chi connectivity index (χ3v) is 2.03. The number of alkyl halides is 2. The van der Waals surface area contributed by atoms with Crippen LogP contribution in [0.3, 0.4) is 0 Å². The van der Waals surface area contributed by atoms with Crippen LogP contribution >= 0.6 is 0 Å². The molecule has 0 aliphatic heterocycles. The summed E-state index contributed by atoms with van der Waals surface area (Å²) in [4.78, 5) is 18.5. The Hall–Kier alpha value is -2.05. The number of hydrogen-bond donors (Lipinski definition) is 0. The molecule has 0 radical (unpaired) electrons. The fourth-order valence-electron chi connectivity index (χ4n) is 1.29. The minimum absolute atomic E-state index is 0.206. The molecule has 0 N–H and O–H groups in total. The van der Waals surface area contributed by atoms with Crippen molar-refractivity contribution in [3.8, 4) is 5.88 Å². The quantitative estimate of drug-likeness (QED) is 0.765. The van der Waals surface area contributed by atoms with Crippen LogP contribution in [0.15, 0.2) is 23.1 Å². The summed E-state index contributed by atoms with van der Waals surface area (Å²) >= 11 is 0. The number of pyridine rings is 1. The molecule has 0 saturated heterocycles. The molecule has 2 heterocycles. The largest absolute Gasteiger partial charge is 0.417 e. The van der Waals surface area contributed by atoms with Gasteiger partial charge in [0.05, 0.1) is 11.7 Å². The smallest absolute Gasteiger partial charge is 0.388 e. The van der Waals surface area contributed by atoms with E-state index in [9.17, 15) is 13.6 Å². The molecular formula is C9H7F2N3O2. The summed E-state index contributed by atoms with van der Waals surface area (Å²) in [6, 6.07) is 2.75.